The van der Waals surface area contributed by atoms with E-state index < -0.39 is 0 Å². The predicted molar refractivity (Wildman–Crippen MR) is 106 cm³/mol. The highest BCUT2D eigenvalue weighted by Crippen LogP contribution is 2.33. The molecule has 3 heterocycles. The number of benzene rings is 1. The number of amides is 2. The maximum atomic E-state index is 13.1. The van der Waals surface area contributed by atoms with E-state index in [0.717, 1.165) is 43.4 Å². The highest BCUT2D eigenvalue weighted by Gasteiger charge is 2.39. The molecule has 1 aromatic heterocycles. The van der Waals surface area contributed by atoms with Gasteiger partial charge in [0.15, 0.2) is 0 Å². The first-order valence-electron chi connectivity index (χ1n) is 9.39. The number of hydrogen-bond donors (Lipinski definition) is 0. The Kier molecular flexibility index (Phi) is 4.97. The normalized spacial score (nSPS) is 17.9. The van der Waals surface area contributed by atoms with Crippen LogP contribution in [0.5, 0.6) is 0 Å². The van der Waals surface area contributed by atoms with E-state index in [1.807, 2.05) is 17.5 Å². The third-order valence-electron chi connectivity index (χ3n) is 5.09. The van der Waals surface area contributed by atoms with E-state index in [-0.39, 0.29) is 18.4 Å². The van der Waals surface area contributed by atoms with Gasteiger partial charge in [-0.05, 0) is 18.1 Å². The van der Waals surface area contributed by atoms with E-state index in [1.54, 1.807) is 12.3 Å². The van der Waals surface area contributed by atoms with Crippen molar-refractivity contribution in [2.45, 2.75) is 20.4 Å². The number of aromatic nitrogens is 1. The van der Waals surface area contributed by atoms with Crippen LogP contribution in [0, 0.1) is 5.92 Å². The molecule has 0 aliphatic carbocycles. The number of piperazine rings is 1. The number of fused-ring (bicyclic) bond motifs is 1. The third-order valence-corrected chi connectivity index (χ3v) is 5.85. The fourth-order valence-electron chi connectivity index (χ4n) is 3.88. The molecule has 0 unspecified atom stereocenters. The van der Waals surface area contributed by atoms with E-state index in [4.69, 9.17) is 0 Å². The van der Waals surface area contributed by atoms with Crippen molar-refractivity contribution in [3.63, 3.8) is 0 Å². The molecule has 6 nitrogen and oxygen atoms in total. The summed E-state index contributed by atoms with van der Waals surface area (Å²) in [6, 6.07) is 5.61. The Morgan fingerprint density at radius 2 is 1.89 bits per heavy atom. The molecule has 0 atom stereocenters. The minimum absolute atomic E-state index is 0.203. The minimum atomic E-state index is -0.217. The molecule has 27 heavy (non-hydrogen) atoms. The quantitative estimate of drug-likeness (QED) is 0.742. The monoisotopic (exact) mass is 384 g/mol. The van der Waals surface area contributed by atoms with Crippen molar-refractivity contribution in [2.75, 3.05) is 37.6 Å². The summed E-state index contributed by atoms with van der Waals surface area (Å²) in [5.74, 6) is 0.229. The van der Waals surface area contributed by atoms with Gasteiger partial charge in [-0.3, -0.25) is 19.4 Å². The van der Waals surface area contributed by atoms with Crippen LogP contribution in [0.4, 0.5) is 5.69 Å². The molecule has 2 aliphatic rings. The first-order valence-corrected chi connectivity index (χ1v) is 10.3. The number of rotatable bonds is 5. The Labute approximate surface area is 163 Å². The Morgan fingerprint density at radius 1 is 1.11 bits per heavy atom. The van der Waals surface area contributed by atoms with Gasteiger partial charge >= 0.3 is 0 Å². The lowest BCUT2D eigenvalue weighted by atomic mass is 10.1. The molecule has 2 amide bonds. The molecule has 2 aliphatic heterocycles. The highest BCUT2D eigenvalue weighted by atomic mass is 32.1. The van der Waals surface area contributed by atoms with Crippen LogP contribution in [0.3, 0.4) is 0 Å². The van der Waals surface area contributed by atoms with Crippen molar-refractivity contribution < 1.29 is 9.59 Å². The maximum absolute atomic E-state index is 13.1. The minimum Gasteiger partial charge on any atom is -0.368 e. The molecule has 1 aromatic carbocycles. The van der Waals surface area contributed by atoms with Crippen molar-refractivity contribution in [3.8, 4) is 0 Å². The van der Waals surface area contributed by atoms with E-state index in [0.29, 0.717) is 17.0 Å². The lowest BCUT2D eigenvalue weighted by Crippen LogP contribution is -2.47. The summed E-state index contributed by atoms with van der Waals surface area (Å²) in [7, 11) is 0. The number of nitrogens with zero attached hydrogens (tertiary/aromatic N) is 4. The zero-order valence-electron chi connectivity index (χ0n) is 15.7. The summed E-state index contributed by atoms with van der Waals surface area (Å²) in [6.07, 6.45) is 1.69. The number of hydrogen-bond acceptors (Lipinski definition) is 6. The third kappa shape index (κ3) is 3.49. The summed E-state index contributed by atoms with van der Waals surface area (Å²) in [5, 5.41) is 2.63. The number of thiazole rings is 1. The van der Waals surface area contributed by atoms with Crippen LogP contribution in [-0.4, -0.2) is 59.3 Å². The van der Waals surface area contributed by atoms with Gasteiger partial charge in [-0.25, -0.2) is 4.98 Å². The Morgan fingerprint density at radius 3 is 2.56 bits per heavy atom. The first kappa shape index (κ1) is 18.1. The van der Waals surface area contributed by atoms with Crippen molar-refractivity contribution in [2.24, 2.45) is 5.92 Å². The molecule has 7 heteroatoms. The molecular weight excluding hydrogens is 360 g/mol. The summed E-state index contributed by atoms with van der Waals surface area (Å²) in [5.41, 5.74) is 1.95. The van der Waals surface area contributed by atoms with Gasteiger partial charge in [-0.15, -0.1) is 11.3 Å². The average molecular weight is 385 g/mol. The van der Waals surface area contributed by atoms with Gasteiger partial charge in [0.25, 0.3) is 11.8 Å². The Bertz CT molecular complexity index is 842. The van der Waals surface area contributed by atoms with Gasteiger partial charge in [-0.1, -0.05) is 19.9 Å². The summed E-state index contributed by atoms with van der Waals surface area (Å²) >= 11 is 1.46. The molecule has 0 radical (unpaired) electrons. The second-order valence-corrected chi connectivity index (χ2v) is 8.48. The largest absolute Gasteiger partial charge is 0.368 e. The lowest BCUT2D eigenvalue weighted by molar-refractivity contribution is 0.0642. The average Bonchev–Trinajstić information content (AvgIpc) is 3.25. The van der Waals surface area contributed by atoms with Crippen LogP contribution in [0.25, 0.3) is 0 Å². The highest BCUT2D eigenvalue weighted by molar-refractivity contribution is 7.09. The second kappa shape index (κ2) is 7.40. The number of carbonyl (C=O) groups excluding carboxylic acids is 2. The van der Waals surface area contributed by atoms with Crippen molar-refractivity contribution in [1.82, 2.24) is 14.8 Å². The van der Waals surface area contributed by atoms with Gasteiger partial charge in [0.05, 0.1) is 23.4 Å². The smallest absolute Gasteiger partial charge is 0.264 e. The SMILES string of the molecule is CC(C)CN1CCN(c2cccc3c2C(=O)N(Cc2nccs2)C3=O)CC1. The topological polar surface area (TPSA) is 56.8 Å². The number of carbonyl (C=O) groups is 2. The molecule has 0 N–H and O–H groups in total. The van der Waals surface area contributed by atoms with Crippen LogP contribution in [0.1, 0.15) is 39.6 Å². The van der Waals surface area contributed by atoms with Crippen LogP contribution in [-0.2, 0) is 6.54 Å². The van der Waals surface area contributed by atoms with Crippen LogP contribution in [0.15, 0.2) is 29.8 Å². The van der Waals surface area contributed by atoms with E-state index >= 15 is 0 Å². The molecule has 1 fully saturated rings. The molecule has 4 rings (SSSR count). The van der Waals surface area contributed by atoms with Crippen LogP contribution < -0.4 is 4.90 Å². The zero-order chi connectivity index (χ0) is 19.0. The summed E-state index contributed by atoms with van der Waals surface area (Å²) in [6.45, 7) is 9.51. The fraction of sp³-hybridized carbons (Fsp3) is 0.450. The van der Waals surface area contributed by atoms with Gasteiger partial charge in [-0.2, -0.15) is 0 Å². The fourth-order valence-corrected chi connectivity index (χ4v) is 4.48. The summed E-state index contributed by atoms with van der Waals surface area (Å²) in [4.78, 5) is 36.1. The van der Waals surface area contributed by atoms with Crippen molar-refractivity contribution in [3.05, 3.63) is 45.9 Å². The molecular formula is C20H24N4O2S. The molecule has 2 aromatic rings. The molecule has 0 saturated carbocycles. The van der Waals surface area contributed by atoms with E-state index in [2.05, 4.69) is 28.6 Å². The first-order chi connectivity index (χ1) is 13.0. The van der Waals surface area contributed by atoms with E-state index in [1.165, 1.54) is 16.2 Å². The second-order valence-electron chi connectivity index (χ2n) is 7.50. The molecule has 0 bridgehead atoms. The van der Waals surface area contributed by atoms with Crippen molar-refractivity contribution >= 4 is 28.8 Å². The number of imide groups is 1. The lowest BCUT2D eigenvalue weighted by Gasteiger charge is -2.37. The van der Waals surface area contributed by atoms with Gasteiger partial charge in [0, 0.05) is 44.3 Å². The number of anilines is 1. The van der Waals surface area contributed by atoms with Gasteiger partial charge in [0.2, 0.25) is 0 Å². The van der Waals surface area contributed by atoms with Gasteiger partial charge < -0.3 is 4.90 Å². The maximum Gasteiger partial charge on any atom is 0.264 e. The Hall–Kier alpha value is -2.25. The standard InChI is InChI=1S/C20H24N4O2S/c1-14(2)12-22-7-9-23(10-8-22)16-5-3-4-15-18(16)20(26)24(19(15)25)13-17-21-6-11-27-17/h3-6,11,14H,7-10,12-13H2,1-2H3. The van der Waals surface area contributed by atoms with E-state index in [9.17, 15) is 9.59 Å². The molecule has 0 spiro atoms. The molecule has 1 saturated heterocycles. The molecule has 142 valence electrons. The predicted octanol–water partition coefficient (Wildman–Crippen LogP) is 2.72. The van der Waals surface area contributed by atoms with Crippen LogP contribution in [0.2, 0.25) is 0 Å². The van der Waals surface area contributed by atoms with Gasteiger partial charge in [0.1, 0.15) is 5.01 Å². The van der Waals surface area contributed by atoms with Crippen molar-refractivity contribution in [1.29, 1.82) is 0 Å². The van der Waals surface area contributed by atoms with Crippen LogP contribution >= 0.6 is 11.3 Å². The Balaban J connectivity index is 1.55. The zero-order valence-corrected chi connectivity index (χ0v) is 16.5. The summed E-state index contributed by atoms with van der Waals surface area (Å²) < 4.78 is 0.